The molecule has 2 rings (SSSR count). The molecule has 1 aromatic rings. The molecule has 0 unspecified atom stereocenters. The van der Waals surface area contributed by atoms with Crippen LogP contribution < -0.4 is 5.32 Å². The molecule has 0 saturated carbocycles. The van der Waals surface area contributed by atoms with Gasteiger partial charge in [-0.1, -0.05) is 30.3 Å². The highest BCUT2D eigenvalue weighted by Crippen LogP contribution is 2.27. The van der Waals surface area contributed by atoms with Gasteiger partial charge < -0.3 is 10.1 Å². The third-order valence-corrected chi connectivity index (χ3v) is 3.15. The van der Waals surface area contributed by atoms with Gasteiger partial charge in [-0.15, -0.1) is 0 Å². The Morgan fingerprint density at radius 2 is 2.12 bits per heavy atom. The highest BCUT2D eigenvalue weighted by molar-refractivity contribution is 5.20. The Morgan fingerprint density at radius 1 is 1.38 bits per heavy atom. The third kappa shape index (κ3) is 2.43. The van der Waals surface area contributed by atoms with E-state index in [1.165, 1.54) is 5.56 Å². The van der Waals surface area contributed by atoms with Gasteiger partial charge in [0.25, 0.3) is 0 Å². The number of hydrogen-bond donors (Lipinski definition) is 1. The van der Waals surface area contributed by atoms with Crippen molar-refractivity contribution in [3.05, 3.63) is 35.9 Å². The summed E-state index contributed by atoms with van der Waals surface area (Å²) >= 11 is 0. The molecule has 1 heterocycles. The number of nitrogens with zero attached hydrogens (tertiary/aromatic N) is 1. The first-order valence-corrected chi connectivity index (χ1v) is 5.84. The zero-order valence-corrected chi connectivity index (χ0v) is 10.0. The van der Waals surface area contributed by atoms with Crippen LogP contribution in [0.25, 0.3) is 0 Å². The summed E-state index contributed by atoms with van der Waals surface area (Å²) in [5, 5.41) is 3.21. The van der Waals surface area contributed by atoms with Gasteiger partial charge in [0.1, 0.15) is 0 Å². The van der Waals surface area contributed by atoms with Gasteiger partial charge in [-0.25, -0.2) is 0 Å². The maximum absolute atomic E-state index is 5.85. The summed E-state index contributed by atoms with van der Waals surface area (Å²) in [5.74, 6) is 0. The standard InChI is InChI=1S/C13H20N2O/c1-14-10-12-13(15(2)8-9-16-12)11-6-4-3-5-7-11/h3-7,12-14H,8-10H2,1-2H3/t12-,13-/m1/s1. The molecule has 1 aliphatic heterocycles. The van der Waals surface area contributed by atoms with Crippen molar-refractivity contribution in [2.24, 2.45) is 0 Å². The average Bonchev–Trinajstić information content (AvgIpc) is 2.31. The van der Waals surface area contributed by atoms with E-state index in [0.29, 0.717) is 6.04 Å². The van der Waals surface area contributed by atoms with Crippen LogP contribution in [0.15, 0.2) is 30.3 Å². The molecular formula is C13H20N2O. The lowest BCUT2D eigenvalue weighted by molar-refractivity contribution is -0.0606. The van der Waals surface area contributed by atoms with Crippen LogP contribution in [0.5, 0.6) is 0 Å². The zero-order valence-electron chi connectivity index (χ0n) is 10.0. The molecule has 1 N–H and O–H groups in total. The van der Waals surface area contributed by atoms with Crippen LogP contribution in [0, 0.1) is 0 Å². The third-order valence-electron chi connectivity index (χ3n) is 3.15. The number of likely N-dealkylation sites (N-methyl/N-ethyl adjacent to an activating group) is 2. The first kappa shape index (κ1) is 11.6. The van der Waals surface area contributed by atoms with E-state index in [2.05, 4.69) is 47.6 Å². The lowest BCUT2D eigenvalue weighted by atomic mass is 9.98. The number of rotatable bonds is 3. The number of hydrogen-bond acceptors (Lipinski definition) is 3. The summed E-state index contributed by atoms with van der Waals surface area (Å²) in [7, 11) is 4.14. The Hall–Kier alpha value is -0.900. The lowest BCUT2D eigenvalue weighted by Gasteiger charge is -2.39. The van der Waals surface area contributed by atoms with Gasteiger partial charge in [0.2, 0.25) is 0 Å². The van der Waals surface area contributed by atoms with E-state index in [-0.39, 0.29) is 6.10 Å². The summed E-state index contributed by atoms with van der Waals surface area (Å²) < 4.78 is 5.85. The summed E-state index contributed by atoms with van der Waals surface area (Å²) in [5.41, 5.74) is 1.34. The van der Waals surface area contributed by atoms with Gasteiger partial charge >= 0.3 is 0 Å². The van der Waals surface area contributed by atoms with Crippen LogP contribution in [-0.2, 0) is 4.74 Å². The van der Waals surface area contributed by atoms with E-state index in [1.807, 2.05) is 7.05 Å². The van der Waals surface area contributed by atoms with E-state index in [0.717, 1.165) is 19.7 Å². The second kappa shape index (κ2) is 5.43. The normalized spacial score (nSPS) is 26.9. The molecule has 0 bridgehead atoms. The van der Waals surface area contributed by atoms with Crippen molar-refractivity contribution in [1.29, 1.82) is 0 Å². The molecule has 1 aliphatic rings. The first-order valence-electron chi connectivity index (χ1n) is 5.84. The summed E-state index contributed by atoms with van der Waals surface area (Å²) in [6, 6.07) is 11.0. The lowest BCUT2D eigenvalue weighted by Crippen LogP contribution is -2.46. The largest absolute Gasteiger partial charge is 0.374 e. The van der Waals surface area contributed by atoms with E-state index >= 15 is 0 Å². The molecule has 1 aromatic carbocycles. The van der Waals surface area contributed by atoms with Gasteiger partial charge in [-0.05, 0) is 19.7 Å². The van der Waals surface area contributed by atoms with Crippen molar-refractivity contribution in [3.8, 4) is 0 Å². The summed E-state index contributed by atoms with van der Waals surface area (Å²) in [4.78, 5) is 2.38. The van der Waals surface area contributed by atoms with E-state index in [4.69, 9.17) is 4.74 Å². The Bertz CT molecular complexity index is 313. The van der Waals surface area contributed by atoms with Crippen LogP contribution in [-0.4, -0.2) is 44.8 Å². The summed E-state index contributed by atoms with van der Waals surface area (Å²) in [6.45, 7) is 2.72. The SMILES string of the molecule is CNC[C@H]1OCCN(C)[C@@H]1c1ccccc1. The molecule has 88 valence electrons. The smallest absolute Gasteiger partial charge is 0.0896 e. The second-order valence-corrected chi connectivity index (χ2v) is 4.30. The molecule has 2 atom stereocenters. The second-order valence-electron chi connectivity index (χ2n) is 4.30. The quantitative estimate of drug-likeness (QED) is 0.830. The van der Waals surface area contributed by atoms with Crippen LogP contribution >= 0.6 is 0 Å². The van der Waals surface area contributed by atoms with Gasteiger partial charge in [0.15, 0.2) is 0 Å². The average molecular weight is 220 g/mol. The van der Waals surface area contributed by atoms with Crippen molar-refractivity contribution in [3.63, 3.8) is 0 Å². The number of morpholine rings is 1. The molecule has 1 fully saturated rings. The molecule has 0 amide bonds. The van der Waals surface area contributed by atoms with Crippen LogP contribution in [0.2, 0.25) is 0 Å². The fourth-order valence-electron chi connectivity index (χ4n) is 2.35. The molecule has 3 heteroatoms. The van der Waals surface area contributed by atoms with Crippen LogP contribution in [0.3, 0.4) is 0 Å². The molecule has 0 aliphatic carbocycles. The predicted octanol–water partition coefficient (Wildman–Crippen LogP) is 1.28. The first-order chi connectivity index (χ1) is 7.83. The number of ether oxygens (including phenoxy) is 1. The van der Waals surface area contributed by atoms with E-state index in [1.54, 1.807) is 0 Å². The number of nitrogens with one attached hydrogen (secondary N) is 1. The molecule has 3 nitrogen and oxygen atoms in total. The molecule has 0 spiro atoms. The van der Waals surface area contributed by atoms with Gasteiger partial charge in [0, 0.05) is 13.1 Å². The molecule has 1 saturated heterocycles. The van der Waals surface area contributed by atoms with Crippen molar-refractivity contribution in [2.45, 2.75) is 12.1 Å². The maximum Gasteiger partial charge on any atom is 0.0896 e. The monoisotopic (exact) mass is 220 g/mol. The minimum absolute atomic E-state index is 0.242. The Labute approximate surface area is 97.4 Å². The topological polar surface area (TPSA) is 24.5 Å². The maximum atomic E-state index is 5.85. The highest BCUT2D eigenvalue weighted by Gasteiger charge is 2.30. The van der Waals surface area contributed by atoms with Gasteiger partial charge in [-0.3, -0.25) is 4.90 Å². The van der Waals surface area contributed by atoms with E-state index < -0.39 is 0 Å². The van der Waals surface area contributed by atoms with Crippen molar-refractivity contribution in [2.75, 3.05) is 33.8 Å². The van der Waals surface area contributed by atoms with E-state index in [9.17, 15) is 0 Å². The zero-order chi connectivity index (χ0) is 11.4. The van der Waals surface area contributed by atoms with Crippen molar-refractivity contribution >= 4 is 0 Å². The fourth-order valence-corrected chi connectivity index (χ4v) is 2.35. The Morgan fingerprint density at radius 3 is 2.81 bits per heavy atom. The van der Waals surface area contributed by atoms with Gasteiger partial charge in [-0.2, -0.15) is 0 Å². The minimum atomic E-state index is 0.242. The molecule has 0 aromatic heterocycles. The number of benzene rings is 1. The molecule has 16 heavy (non-hydrogen) atoms. The minimum Gasteiger partial charge on any atom is -0.374 e. The van der Waals surface area contributed by atoms with Crippen LogP contribution in [0.4, 0.5) is 0 Å². The van der Waals surface area contributed by atoms with Crippen molar-refractivity contribution in [1.82, 2.24) is 10.2 Å². The van der Waals surface area contributed by atoms with Crippen LogP contribution in [0.1, 0.15) is 11.6 Å². The Balaban J connectivity index is 2.19. The molecule has 0 radical (unpaired) electrons. The summed E-state index contributed by atoms with van der Waals surface area (Å²) in [6.07, 6.45) is 0.242. The molecular weight excluding hydrogens is 200 g/mol. The highest BCUT2D eigenvalue weighted by atomic mass is 16.5. The Kier molecular flexibility index (Phi) is 3.93. The van der Waals surface area contributed by atoms with Gasteiger partial charge in [0.05, 0.1) is 18.8 Å². The fraction of sp³-hybridized carbons (Fsp3) is 0.538. The van der Waals surface area contributed by atoms with Crippen molar-refractivity contribution < 1.29 is 4.74 Å². The predicted molar refractivity (Wildman–Crippen MR) is 65.5 cm³/mol.